The van der Waals surface area contributed by atoms with Crippen LogP contribution in [0.2, 0.25) is 0 Å². The quantitative estimate of drug-likeness (QED) is 0.261. The Morgan fingerprint density at radius 3 is 2.37 bits per heavy atom. The van der Waals surface area contributed by atoms with E-state index in [0.717, 1.165) is 37.7 Å². The molecule has 5 rings (SSSR count). The second kappa shape index (κ2) is 16.5. The van der Waals surface area contributed by atoms with Crippen LogP contribution in [0.25, 0.3) is 0 Å². The molecule has 5 N–H and O–H groups in total. The number of benzene rings is 2. The Kier molecular flexibility index (Phi) is 12.3. The van der Waals surface area contributed by atoms with Crippen molar-refractivity contribution >= 4 is 35.4 Å². The van der Waals surface area contributed by atoms with Crippen LogP contribution in [-0.2, 0) is 41.6 Å². The van der Waals surface area contributed by atoms with Gasteiger partial charge in [0.05, 0.1) is 6.04 Å². The molecule has 1 fully saturated rings. The van der Waals surface area contributed by atoms with E-state index in [2.05, 4.69) is 16.0 Å². The summed E-state index contributed by atoms with van der Waals surface area (Å²) in [5, 5.41) is 19.3. The Morgan fingerprint density at radius 1 is 0.935 bits per heavy atom. The monoisotopic (exact) mass is 634 g/mol. The van der Waals surface area contributed by atoms with Crippen LogP contribution in [0, 0.1) is 5.92 Å². The molecule has 4 amide bonds. The third-order valence-electron chi connectivity index (χ3n) is 8.33. The summed E-state index contributed by atoms with van der Waals surface area (Å²) in [6.07, 6.45) is 5.65. The van der Waals surface area contributed by atoms with E-state index in [9.17, 15) is 28.8 Å². The van der Waals surface area contributed by atoms with Crippen molar-refractivity contribution in [2.24, 2.45) is 5.92 Å². The van der Waals surface area contributed by atoms with E-state index in [1.165, 1.54) is 0 Å². The van der Waals surface area contributed by atoms with Gasteiger partial charge in [-0.1, -0.05) is 56.9 Å². The predicted octanol–water partition coefficient (Wildman–Crippen LogP) is 2.57. The van der Waals surface area contributed by atoms with Gasteiger partial charge in [0.15, 0.2) is 0 Å². The number of carbonyl (C=O) groups is 6. The zero-order valence-corrected chi connectivity index (χ0v) is 26.0. The summed E-state index contributed by atoms with van der Waals surface area (Å²) in [5.74, 6) is -3.89. The lowest BCUT2D eigenvalue weighted by molar-refractivity contribution is -0.143. The summed E-state index contributed by atoms with van der Waals surface area (Å²) in [5.41, 5.74) is 1.61. The number of ether oxygens (including phenoxy) is 1. The Balaban J connectivity index is 1.64. The number of carboxylic acids is 1. The van der Waals surface area contributed by atoms with Crippen molar-refractivity contribution in [3.05, 3.63) is 59.7 Å². The molecule has 12 nitrogen and oxygen atoms in total. The molecular weight excluding hydrogens is 592 g/mol. The van der Waals surface area contributed by atoms with Gasteiger partial charge in [-0.05, 0) is 67.0 Å². The molecule has 2 aliphatic heterocycles. The number of aryl methyl sites for hydroxylation is 1. The third kappa shape index (κ3) is 9.88. The van der Waals surface area contributed by atoms with Gasteiger partial charge in [0.2, 0.25) is 23.5 Å². The SMILES string of the molecule is CCCC(NC(=O)[C@@H]1Cc2cccc(c2)Oc2ccc(cc2)CCC(=O)N[C@@H](C2CCCCC2)C(=O)N1)C(=O)C(=O)NCC(=O)O. The van der Waals surface area contributed by atoms with Gasteiger partial charge >= 0.3 is 5.97 Å². The Hall–Kier alpha value is -4.74. The molecule has 0 spiro atoms. The van der Waals surface area contributed by atoms with Crippen molar-refractivity contribution in [1.82, 2.24) is 21.3 Å². The van der Waals surface area contributed by atoms with E-state index in [-0.39, 0.29) is 31.1 Å². The average molecular weight is 635 g/mol. The summed E-state index contributed by atoms with van der Waals surface area (Å²) in [4.78, 5) is 77.0. The first-order valence-electron chi connectivity index (χ1n) is 15.9. The molecule has 2 heterocycles. The maximum Gasteiger partial charge on any atom is 0.322 e. The molecule has 0 radical (unpaired) electrons. The molecule has 3 aliphatic rings. The van der Waals surface area contributed by atoms with Gasteiger partial charge in [0.25, 0.3) is 5.91 Å². The molecule has 246 valence electrons. The Bertz CT molecular complexity index is 1420. The minimum atomic E-state index is -1.32. The molecule has 12 heteroatoms. The van der Waals surface area contributed by atoms with E-state index in [4.69, 9.17) is 9.84 Å². The molecular formula is C34H42N4O8. The zero-order valence-electron chi connectivity index (χ0n) is 26.0. The molecule has 4 bridgehead atoms. The number of Topliss-reactive ketones (excluding diaryl/α,β-unsaturated/α-hetero) is 1. The molecule has 1 saturated carbocycles. The normalized spacial score (nSPS) is 19.8. The molecule has 1 aliphatic carbocycles. The minimum Gasteiger partial charge on any atom is -0.480 e. The van der Waals surface area contributed by atoms with Crippen LogP contribution in [0.3, 0.4) is 0 Å². The van der Waals surface area contributed by atoms with E-state index in [0.29, 0.717) is 29.9 Å². The van der Waals surface area contributed by atoms with Crippen LogP contribution in [0.5, 0.6) is 11.5 Å². The van der Waals surface area contributed by atoms with Crippen molar-refractivity contribution in [3.63, 3.8) is 0 Å². The van der Waals surface area contributed by atoms with Gasteiger partial charge in [-0.2, -0.15) is 0 Å². The van der Waals surface area contributed by atoms with Crippen molar-refractivity contribution in [2.75, 3.05) is 6.54 Å². The smallest absolute Gasteiger partial charge is 0.322 e. The maximum atomic E-state index is 13.9. The molecule has 3 atom stereocenters. The number of nitrogens with one attached hydrogen (secondary N) is 4. The first-order valence-corrected chi connectivity index (χ1v) is 15.9. The van der Waals surface area contributed by atoms with Crippen molar-refractivity contribution in [3.8, 4) is 11.5 Å². The lowest BCUT2D eigenvalue weighted by atomic mass is 9.83. The fourth-order valence-electron chi connectivity index (χ4n) is 5.90. The number of aliphatic carboxylic acids is 1. The highest BCUT2D eigenvalue weighted by Crippen LogP contribution is 2.28. The van der Waals surface area contributed by atoms with Crippen molar-refractivity contribution < 1.29 is 38.6 Å². The predicted molar refractivity (Wildman–Crippen MR) is 168 cm³/mol. The van der Waals surface area contributed by atoms with Crippen LogP contribution < -0.4 is 26.0 Å². The summed E-state index contributed by atoms with van der Waals surface area (Å²) < 4.78 is 6.03. The molecule has 0 saturated heterocycles. The highest BCUT2D eigenvalue weighted by molar-refractivity contribution is 6.38. The molecule has 46 heavy (non-hydrogen) atoms. The first-order chi connectivity index (χ1) is 22.1. The molecule has 2 aromatic rings. The van der Waals surface area contributed by atoms with Gasteiger partial charge < -0.3 is 31.1 Å². The fraction of sp³-hybridized carbons (Fsp3) is 0.471. The number of amides is 4. The second-order valence-electron chi connectivity index (χ2n) is 11.9. The van der Waals surface area contributed by atoms with Gasteiger partial charge in [0, 0.05) is 12.8 Å². The van der Waals surface area contributed by atoms with Crippen LogP contribution in [0.1, 0.15) is 69.4 Å². The number of hydrogen-bond donors (Lipinski definition) is 5. The van der Waals surface area contributed by atoms with Gasteiger partial charge in [-0.15, -0.1) is 0 Å². The number of ketones is 1. The first kappa shape index (κ1) is 34.1. The van der Waals surface area contributed by atoms with Crippen LogP contribution in [0.15, 0.2) is 48.5 Å². The highest BCUT2D eigenvalue weighted by atomic mass is 16.5. The van der Waals surface area contributed by atoms with E-state index < -0.39 is 54.1 Å². The zero-order chi connectivity index (χ0) is 33.1. The van der Waals surface area contributed by atoms with Gasteiger partial charge in [-0.25, -0.2) is 0 Å². The van der Waals surface area contributed by atoms with Crippen molar-refractivity contribution in [1.29, 1.82) is 0 Å². The Labute approximate surface area is 268 Å². The summed E-state index contributed by atoms with van der Waals surface area (Å²) >= 11 is 0. The third-order valence-corrected chi connectivity index (χ3v) is 8.33. The number of carbonyl (C=O) groups excluding carboxylic acids is 5. The minimum absolute atomic E-state index is 0.0251. The van der Waals surface area contributed by atoms with E-state index >= 15 is 0 Å². The molecule has 1 unspecified atom stereocenters. The summed E-state index contributed by atoms with van der Waals surface area (Å²) in [6.45, 7) is 1.03. The highest BCUT2D eigenvalue weighted by Gasteiger charge is 2.35. The average Bonchev–Trinajstić information content (AvgIpc) is 3.05. The van der Waals surface area contributed by atoms with Gasteiger partial charge in [0.1, 0.15) is 30.1 Å². The number of fused-ring (bicyclic) bond motifs is 10. The number of carboxylic acid groups (broad SMARTS) is 1. The topological polar surface area (TPSA) is 180 Å². The van der Waals surface area contributed by atoms with Crippen molar-refractivity contribution in [2.45, 2.75) is 89.3 Å². The largest absolute Gasteiger partial charge is 0.480 e. The lowest BCUT2D eigenvalue weighted by Gasteiger charge is -2.31. The maximum absolute atomic E-state index is 13.9. The van der Waals surface area contributed by atoms with Gasteiger partial charge in [-0.3, -0.25) is 28.8 Å². The van der Waals surface area contributed by atoms with Crippen LogP contribution in [0.4, 0.5) is 0 Å². The molecule has 2 aromatic carbocycles. The summed E-state index contributed by atoms with van der Waals surface area (Å²) in [7, 11) is 0. The number of rotatable bonds is 9. The van der Waals surface area contributed by atoms with Crippen LogP contribution >= 0.6 is 0 Å². The number of hydrogen-bond acceptors (Lipinski definition) is 7. The fourth-order valence-corrected chi connectivity index (χ4v) is 5.90. The standard InChI is InChI=1S/C34H42N4O8/c1-2-7-26(31(42)34(45)35-20-29(40)41)36-32(43)27-19-22-8-6-11-25(18-22)46-24-15-12-21(13-16-24)14-17-28(39)38-30(33(44)37-27)23-9-4-3-5-10-23/h6,8,11-13,15-16,18,23,26-27,30H,2-5,7,9-10,14,17,19-20H2,1H3,(H,35,45)(H,36,43)(H,37,44)(H,38,39)(H,40,41)/t26?,27-,30-/m0/s1. The lowest BCUT2D eigenvalue weighted by Crippen LogP contribution is -2.58. The van der Waals surface area contributed by atoms with E-state index in [1.807, 2.05) is 29.6 Å². The Morgan fingerprint density at radius 2 is 1.67 bits per heavy atom. The van der Waals surface area contributed by atoms with E-state index in [1.54, 1.807) is 31.2 Å². The second-order valence-corrected chi connectivity index (χ2v) is 11.9. The van der Waals surface area contributed by atoms with Crippen LogP contribution in [-0.4, -0.2) is 65.2 Å². The summed E-state index contributed by atoms with van der Waals surface area (Å²) in [6, 6.07) is 11.2. The molecule has 0 aromatic heterocycles.